The molecule has 0 amide bonds. The maximum absolute atomic E-state index is 9.83. The van der Waals surface area contributed by atoms with Crippen LogP contribution in [-0.4, -0.2) is 54.0 Å². The molecule has 8 N–H and O–H groups in total. The third-order valence-electron chi connectivity index (χ3n) is 4.38. The minimum Gasteiger partial charge on any atom is -0.779 e. The van der Waals surface area contributed by atoms with Gasteiger partial charge in [0.1, 0.15) is 15.2 Å². The molecule has 0 spiro atoms. The summed E-state index contributed by atoms with van der Waals surface area (Å²) in [6, 6.07) is 23.2. The Hall–Kier alpha value is -3.20. The molecule has 4 aromatic rings. The van der Waals surface area contributed by atoms with Crippen molar-refractivity contribution in [3.63, 3.8) is 0 Å². The Morgan fingerprint density at radius 1 is 0.543 bits per heavy atom. The van der Waals surface area contributed by atoms with E-state index in [0.717, 1.165) is 22.8 Å². The average molecular weight is 764 g/mol. The quantitative estimate of drug-likeness (QED) is 0.109. The molecular weight excluding hydrogens is 732 g/mol. The molecule has 0 saturated heterocycles. The molecule has 0 bridgehead atoms. The second kappa shape index (κ2) is 27.0. The average Bonchev–Trinajstić information content (AvgIpc) is 2.97. The van der Waals surface area contributed by atoms with Crippen LogP contribution in [0.15, 0.2) is 97.6 Å². The van der Waals surface area contributed by atoms with Gasteiger partial charge in [-0.15, -0.1) is 0 Å². The zero-order valence-corrected chi connectivity index (χ0v) is 28.0. The van der Waals surface area contributed by atoms with Crippen LogP contribution in [0.25, 0.3) is 22.8 Å². The smallest absolute Gasteiger partial charge is 0.779 e. The van der Waals surface area contributed by atoms with Crippen molar-refractivity contribution >= 4 is 27.1 Å². The van der Waals surface area contributed by atoms with E-state index in [4.69, 9.17) is 9.79 Å². The van der Waals surface area contributed by atoms with Crippen molar-refractivity contribution in [1.82, 2.24) is 19.9 Å². The maximum atomic E-state index is 9.83. The number of nitrogens with zero attached hydrogens (tertiary/aromatic N) is 4. The van der Waals surface area contributed by atoms with Gasteiger partial charge in [-0.3, -0.25) is 19.9 Å². The second-order valence-electron chi connectivity index (χ2n) is 7.83. The van der Waals surface area contributed by atoms with Crippen molar-refractivity contribution in [3.8, 4) is 22.8 Å². The molecule has 2 unspecified atom stereocenters. The summed E-state index contributed by atoms with van der Waals surface area (Å²) in [4.78, 5) is 71.5. The van der Waals surface area contributed by atoms with Gasteiger partial charge in [0.25, 0.3) is 0 Å². The molecule has 250 valence electrons. The van der Waals surface area contributed by atoms with Crippen molar-refractivity contribution in [2.24, 2.45) is 0 Å². The van der Waals surface area contributed by atoms with E-state index in [1.807, 2.05) is 72.8 Å². The largest absolute Gasteiger partial charge is 2.00 e. The maximum Gasteiger partial charge on any atom is 2.00 e. The molecule has 2 radical (unpaired) electrons. The van der Waals surface area contributed by atoms with Gasteiger partial charge in [0, 0.05) is 49.0 Å². The Kier molecular flexibility index (Phi) is 29.1. The van der Waals surface area contributed by atoms with Crippen LogP contribution >= 0.6 is 15.2 Å². The molecule has 0 aliphatic heterocycles. The van der Waals surface area contributed by atoms with E-state index in [0.29, 0.717) is 0 Å². The minimum atomic E-state index is -4.39. The number of rotatable bonds is 8. The van der Waals surface area contributed by atoms with Gasteiger partial charge in [-0.05, 0) is 61.4 Å². The fourth-order valence-electron chi connectivity index (χ4n) is 2.52. The van der Waals surface area contributed by atoms with Crippen LogP contribution < -0.4 is 20.0 Å². The van der Waals surface area contributed by atoms with E-state index in [-0.39, 0.29) is 45.1 Å². The summed E-state index contributed by atoms with van der Waals surface area (Å²) in [6.07, 6.45) is 4.25. The third kappa shape index (κ3) is 27.1. The molecule has 16 nitrogen and oxygen atoms in total. The second-order valence-corrected chi connectivity index (χ2v) is 11.3. The van der Waals surface area contributed by atoms with Gasteiger partial charge >= 0.3 is 34.1 Å². The normalized spacial score (nSPS) is 11.6. The molecule has 4 rings (SSSR count). The summed E-state index contributed by atoms with van der Waals surface area (Å²) < 4.78 is 19.7. The van der Waals surface area contributed by atoms with Crippen LogP contribution in [0, 0.1) is 0 Å². The van der Waals surface area contributed by atoms with Gasteiger partial charge in [0.05, 0.1) is 22.8 Å². The fourth-order valence-corrected chi connectivity index (χ4v) is 3.45. The van der Waals surface area contributed by atoms with Crippen LogP contribution in [-0.2, 0) is 63.8 Å². The Morgan fingerprint density at radius 3 is 0.870 bits per heavy atom. The van der Waals surface area contributed by atoms with Crippen LogP contribution in [0.2, 0.25) is 0 Å². The molecule has 0 fully saturated rings. The predicted octanol–water partition coefficient (Wildman–Crippen LogP) is -2.22. The standard InChI is InChI=1S/2C10H8N2.2C3H7O5P.2Mn.2H2O/c2*1-3-7-11-9(5-1)10-6-2-4-8-12-10;2*4-3(5)1-2-9(6,7)8;;;;/h2*1-8H;2*1-2H2,(H,4,5)(H2,6,7,8);;;2*1H2/q;;;;2*+2;;/p-2. The first-order valence-electron chi connectivity index (χ1n) is 11.9. The zero-order chi connectivity index (χ0) is 31.4. The number of aliphatic carboxylic acids is 2. The summed E-state index contributed by atoms with van der Waals surface area (Å²) in [5.74, 6) is -2.97. The number of carbonyl (C=O) groups is 2. The number of pyridine rings is 4. The molecule has 4 heterocycles. The van der Waals surface area contributed by atoms with Crippen molar-refractivity contribution in [2.45, 2.75) is 12.8 Å². The van der Waals surface area contributed by atoms with E-state index < -0.39 is 52.3 Å². The molecule has 0 saturated carbocycles. The molecular formula is C26H32Mn2N4O12P2+2. The number of aromatic nitrogens is 4. The van der Waals surface area contributed by atoms with E-state index in [9.17, 15) is 38.7 Å². The molecule has 4 aromatic heterocycles. The Bertz CT molecular complexity index is 1250. The van der Waals surface area contributed by atoms with Gasteiger partial charge < -0.3 is 59.5 Å². The summed E-state index contributed by atoms with van der Waals surface area (Å²) in [7, 11) is -8.78. The Balaban J connectivity index is -0.000000251. The van der Waals surface area contributed by atoms with Crippen molar-refractivity contribution in [1.29, 1.82) is 0 Å². The summed E-state index contributed by atoms with van der Waals surface area (Å²) in [5, 5.41) is 19.1. The zero-order valence-electron chi connectivity index (χ0n) is 23.8. The van der Waals surface area contributed by atoms with Gasteiger partial charge in [-0.25, -0.2) is 0 Å². The summed E-state index contributed by atoms with van der Waals surface area (Å²) in [5.41, 5.74) is 3.66. The first-order valence-corrected chi connectivity index (χ1v) is 15.4. The minimum absolute atomic E-state index is 0. The molecule has 0 aliphatic rings. The van der Waals surface area contributed by atoms with Gasteiger partial charge in [0.15, 0.2) is 0 Å². The third-order valence-corrected chi connectivity index (χ3v) is 5.96. The Labute approximate surface area is 285 Å². The van der Waals surface area contributed by atoms with Crippen LogP contribution in [0.1, 0.15) is 12.8 Å². The summed E-state index contributed by atoms with van der Waals surface area (Å²) in [6.45, 7) is 0. The number of hydrogen-bond donors (Lipinski definition) is 2. The van der Waals surface area contributed by atoms with E-state index in [2.05, 4.69) is 19.9 Å². The van der Waals surface area contributed by atoms with Crippen molar-refractivity contribution in [3.05, 3.63) is 97.6 Å². The monoisotopic (exact) mass is 764 g/mol. The number of carbonyl (C=O) groups excluding carboxylic acids is 2. The first-order chi connectivity index (χ1) is 19.8. The van der Waals surface area contributed by atoms with E-state index >= 15 is 0 Å². The van der Waals surface area contributed by atoms with Gasteiger partial charge in [-0.1, -0.05) is 24.3 Å². The van der Waals surface area contributed by atoms with Crippen LogP contribution in [0.3, 0.4) is 0 Å². The van der Waals surface area contributed by atoms with Crippen molar-refractivity contribution < 1.29 is 93.6 Å². The van der Waals surface area contributed by atoms with Crippen molar-refractivity contribution in [2.75, 3.05) is 12.3 Å². The number of carboxylic acid groups (broad SMARTS) is 2. The van der Waals surface area contributed by atoms with E-state index in [1.165, 1.54) is 0 Å². The van der Waals surface area contributed by atoms with E-state index in [1.54, 1.807) is 24.8 Å². The topological polar surface area (TPSA) is 319 Å². The fraction of sp³-hybridized carbons (Fsp3) is 0.154. The molecule has 0 aliphatic carbocycles. The predicted molar refractivity (Wildman–Crippen MR) is 153 cm³/mol. The molecule has 0 aromatic carbocycles. The first kappa shape index (κ1) is 49.7. The molecule has 20 heteroatoms. The van der Waals surface area contributed by atoms with Gasteiger partial charge in [0.2, 0.25) is 0 Å². The van der Waals surface area contributed by atoms with Crippen LogP contribution in [0.4, 0.5) is 0 Å². The molecule has 46 heavy (non-hydrogen) atoms. The Morgan fingerprint density at radius 2 is 0.761 bits per heavy atom. The molecule has 2 atom stereocenters. The summed E-state index contributed by atoms with van der Waals surface area (Å²) >= 11 is 0. The SMILES string of the molecule is O=C([O-])CCP(=O)([O-])O.O=C([O-])CCP(=O)([O-])O.[Mn+2].[Mn+2].[OH3+].[OH3+].c1ccc(-c2ccccn2)nc1.c1ccc(-c2ccccn2)nc1. The number of hydrogen-bond acceptors (Lipinski definition) is 12. The number of carboxylic acids is 2. The van der Waals surface area contributed by atoms with Gasteiger partial charge in [-0.2, -0.15) is 0 Å². The van der Waals surface area contributed by atoms with Crippen LogP contribution in [0.5, 0.6) is 0 Å².